The number of hydrogen-bond donors (Lipinski definition) is 4. The number of anilines is 2. The molecule has 12 nitrogen and oxygen atoms in total. The number of fused-ring (bicyclic) bond motifs is 1. The number of aromatic amines is 1. The van der Waals surface area contributed by atoms with E-state index in [9.17, 15) is 24.0 Å². The SMILES string of the molecule is CC(=O)N1CCC[C@H]1C(=O)Nc1ccc(-c2[nH]c3ccc(NC(=O)[C@@H]4CCCN4C(=O)[C@@H](NC(=O)OC(C)(C)C)c4ccccc4)cc3c2F)cc1. The molecule has 6 rings (SSSR count). The van der Waals surface area contributed by atoms with E-state index < -0.39 is 47.5 Å². The van der Waals surface area contributed by atoms with Gasteiger partial charge in [-0.3, -0.25) is 19.2 Å². The lowest BCUT2D eigenvalue weighted by Crippen LogP contribution is -2.49. The predicted molar refractivity (Wildman–Crippen MR) is 195 cm³/mol. The van der Waals surface area contributed by atoms with E-state index >= 15 is 4.39 Å². The Morgan fingerprint density at radius 3 is 2.06 bits per heavy atom. The zero-order valence-corrected chi connectivity index (χ0v) is 29.6. The summed E-state index contributed by atoms with van der Waals surface area (Å²) in [6, 6.07) is 18.0. The first-order chi connectivity index (χ1) is 24.8. The number of benzene rings is 3. The van der Waals surface area contributed by atoms with E-state index in [1.807, 2.05) is 0 Å². The molecule has 0 bridgehead atoms. The summed E-state index contributed by atoms with van der Waals surface area (Å²) in [5.74, 6) is -1.77. The number of aromatic nitrogens is 1. The molecule has 0 unspecified atom stereocenters. The molecule has 2 aliphatic heterocycles. The maximum absolute atomic E-state index is 15.8. The number of alkyl carbamates (subject to hydrolysis) is 1. The number of nitrogens with one attached hydrogen (secondary N) is 4. The van der Waals surface area contributed by atoms with Crippen LogP contribution in [0.25, 0.3) is 22.2 Å². The third-order valence-corrected chi connectivity index (χ3v) is 9.28. The molecule has 3 aromatic carbocycles. The number of H-pyrrole nitrogens is 1. The fourth-order valence-corrected chi connectivity index (χ4v) is 6.85. The average Bonchev–Trinajstić information content (AvgIpc) is 3.87. The van der Waals surface area contributed by atoms with Crippen molar-refractivity contribution >= 4 is 52.0 Å². The van der Waals surface area contributed by atoms with E-state index in [2.05, 4.69) is 20.9 Å². The lowest BCUT2D eigenvalue weighted by Gasteiger charge is -2.29. The monoisotopic (exact) mass is 710 g/mol. The molecule has 3 heterocycles. The first-order valence-electron chi connectivity index (χ1n) is 17.4. The Kier molecular flexibility index (Phi) is 10.3. The van der Waals surface area contributed by atoms with Gasteiger partial charge in [0.25, 0.3) is 5.91 Å². The number of carbonyl (C=O) groups is 5. The summed E-state index contributed by atoms with van der Waals surface area (Å²) < 4.78 is 21.3. The zero-order valence-electron chi connectivity index (χ0n) is 29.6. The minimum atomic E-state index is -1.07. The fraction of sp³-hybridized carbons (Fsp3) is 0.359. The molecule has 2 aliphatic rings. The summed E-state index contributed by atoms with van der Waals surface area (Å²) in [4.78, 5) is 71.1. The van der Waals surface area contributed by atoms with Gasteiger partial charge in [0.05, 0.1) is 5.69 Å². The Morgan fingerprint density at radius 2 is 1.42 bits per heavy atom. The van der Waals surface area contributed by atoms with Crippen molar-refractivity contribution in [3.05, 3.63) is 84.2 Å². The number of carbonyl (C=O) groups excluding carboxylic acids is 5. The minimum absolute atomic E-state index is 0.137. The van der Waals surface area contributed by atoms with Crippen molar-refractivity contribution in [3.8, 4) is 11.3 Å². The molecule has 0 saturated carbocycles. The summed E-state index contributed by atoms with van der Waals surface area (Å²) in [6.45, 7) is 7.52. The van der Waals surface area contributed by atoms with Gasteiger partial charge in [0.1, 0.15) is 23.7 Å². The van der Waals surface area contributed by atoms with Gasteiger partial charge < -0.3 is 35.5 Å². The van der Waals surface area contributed by atoms with E-state index in [0.717, 1.165) is 6.42 Å². The van der Waals surface area contributed by atoms with Crippen molar-refractivity contribution in [1.29, 1.82) is 0 Å². The van der Waals surface area contributed by atoms with Gasteiger partial charge in [0.15, 0.2) is 5.82 Å². The molecular weight excluding hydrogens is 667 g/mol. The van der Waals surface area contributed by atoms with Gasteiger partial charge in [0, 0.05) is 47.9 Å². The summed E-state index contributed by atoms with van der Waals surface area (Å²) in [5, 5.41) is 8.66. The predicted octanol–water partition coefficient (Wildman–Crippen LogP) is 6.12. The van der Waals surface area contributed by atoms with E-state index in [1.54, 1.807) is 92.4 Å². The van der Waals surface area contributed by atoms with E-state index in [4.69, 9.17) is 4.74 Å². The molecule has 1 aromatic heterocycles. The van der Waals surface area contributed by atoms with E-state index in [0.29, 0.717) is 60.4 Å². The van der Waals surface area contributed by atoms with Crippen LogP contribution >= 0.6 is 0 Å². The fourth-order valence-electron chi connectivity index (χ4n) is 6.85. The Bertz CT molecular complexity index is 1990. The second kappa shape index (κ2) is 14.9. The molecule has 4 N–H and O–H groups in total. The van der Waals surface area contributed by atoms with Crippen molar-refractivity contribution in [3.63, 3.8) is 0 Å². The lowest BCUT2D eigenvalue weighted by molar-refractivity contribution is -0.138. The first-order valence-corrected chi connectivity index (χ1v) is 17.4. The normalized spacial score (nSPS) is 17.9. The van der Waals surface area contributed by atoms with Crippen molar-refractivity contribution in [1.82, 2.24) is 20.1 Å². The van der Waals surface area contributed by atoms with Crippen molar-refractivity contribution in [2.45, 2.75) is 77.1 Å². The van der Waals surface area contributed by atoms with Crippen LogP contribution in [0.15, 0.2) is 72.8 Å². The van der Waals surface area contributed by atoms with Gasteiger partial charge in [-0.1, -0.05) is 42.5 Å². The van der Waals surface area contributed by atoms with Crippen LogP contribution < -0.4 is 16.0 Å². The van der Waals surface area contributed by atoms with Gasteiger partial charge in [-0.05, 0) is 82.3 Å². The quantitative estimate of drug-likeness (QED) is 0.173. The van der Waals surface area contributed by atoms with Crippen LogP contribution in [0.5, 0.6) is 0 Å². The molecule has 52 heavy (non-hydrogen) atoms. The lowest BCUT2D eigenvalue weighted by atomic mass is 10.0. The minimum Gasteiger partial charge on any atom is -0.444 e. The smallest absolute Gasteiger partial charge is 0.408 e. The molecule has 272 valence electrons. The molecule has 3 atom stereocenters. The van der Waals surface area contributed by atoms with Crippen LogP contribution in [-0.2, 0) is 23.9 Å². The number of ether oxygens (including phenoxy) is 1. The van der Waals surface area contributed by atoms with Crippen LogP contribution in [-0.4, -0.2) is 75.3 Å². The largest absolute Gasteiger partial charge is 0.444 e. The molecule has 0 radical (unpaired) electrons. The second-order valence-electron chi connectivity index (χ2n) is 14.2. The molecule has 2 fully saturated rings. The Balaban J connectivity index is 1.14. The summed E-state index contributed by atoms with van der Waals surface area (Å²) in [6.07, 6.45) is 1.63. The third-order valence-electron chi connectivity index (χ3n) is 9.28. The third kappa shape index (κ3) is 7.93. The number of rotatable bonds is 8. The molecule has 13 heteroatoms. The molecular formula is C39H43FN6O6. The van der Waals surface area contributed by atoms with E-state index in [1.165, 1.54) is 17.9 Å². The maximum Gasteiger partial charge on any atom is 0.408 e. The topological polar surface area (TPSA) is 153 Å². The number of likely N-dealkylation sites (tertiary alicyclic amines) is 2. The van der Waals surface area contributed by atoms with Gasteiger partial charge in [-0.25, -0.2) is 9.18 Å². The highest BCUT2D eigenvalue weighted by molar-refractivity contribution is 6.01. The molecule has 2 saturated heterocycles. The van der Waals surface area contributed by atoms with Crippen molar-refractivity contribution < 1.29 is 33.1 Å². The summed E-state index contributed by atoms with van der Waals surface area (Å²) in [7, 11) is 0. The second-order valence-corrected chi connectivity index (χ2v) is 14.2. The number of hydrogen-bond acceptors (Lipinski definition) is 6. The molecule has 5 amide bonds. The van der Waals surface area contributed by atoms with Crippen LogP contribution in [0.2, 0.25) is 0 Å². The van der Waals surface area contributed by atoms with Gasteiger partial charge >= 0.3 is 6.09 Å². The average molecular weight is 711 g/mol. The number of amides is 5. The highest BCUT2D eigenvalue weighted by Crippen LogP contribution is 2.32. The number of halogens is 1. The highest BCUT2D eigenvalue weighted by atomic mass is 19.1. The maximum atomic E-state index is 15.8. The van der Waals surface area contributed by atoms with Crippen LogP contribution in [0.1, 0.15) is 65.0 Å². The van der Waals surface area contributed by atoms with Gasteiger partial charge in [-0.2, -0.15) is 0 Å². The van der Waals surface area contributed by atoms with Crippen molar-refractivity contribution in [2.24, 2.45) is 0 Å². The molecule has 0 spiro atoms. The molecule has 4 aromatic rings. The summed E-state index contributed by atoms with van der Waals surface area (Å²) in [5.41, 5.74) is 1.98. The Hall–Kier alpha value is -5.72. The zero-order chi connectivity index (χ0) is 37.2. The highest BCUT2D eigenvalue weighted by Gasteiger charge is 2.39. The van der Waals surface area contributed by atoms with Gasteiger partial charge in [0.2, 0.25) is 17.7 Å². The van der Waals surface area contributed by atoms with Crippen LogP contribution in [0, 0.1) is 5.82 Å². The standard InChI is InChI=1S/C39H43FN6O6/c1-23(47)45-20-8-12-30(45)35(48)41-26-16-14-25(15-17-26)33-32(40)28-22-27(18-19-29(28)43-33)42-36(49)31-13-9-21-46(31)37(50)34(24-10-6-5-7-11-24)44-38(51)52-39(2,3)4/h5-7,10-11,14-19,22,30-31,34,43H,8-9,12-13,20-21H2,1-4H3,(H,41,48)(H,42,49)(H,44,51)/t30-,31-,34-/m0/s1. The number of nitrogens with zero attached hydrogens (tertiary/aromatic N) is 2. The van der Waals surface area contributed by atoms with Crippen molar-refractivity contribution in [2.75, 3.05) is 23.7 Å². The van der Waals surface area contributed by atoms with E-state index in [-0.39, 0.29) is 22.9 Å². The molecule has 0 aliphatic carbocycles. The summed E-state index contributed by atoms with van der Waals surface area (Å²) >= 11 is 0. The Labute approximate surface area is 301 Å². The van der Waals surface area contributed by atoms with Crippen LogP contribution in [0.4, 0.5) is 20.6 Å². The Morgan fingerprint density at radius 1 is 0.827 bits per heavy atom. The van der Waals surface area contributed by atoms with Crippen LogP contribution in [0.3, 0.4) is 0 Å². The first kappa shape index (κ1) is 36.1. The van der Waals surface area contributed by atoms with Gasteiger partial charge in [-0.15, -0.1) is 0 Å².